The highest BCUT2D eigenvalue weighted by Crippen LogP contribution is 2.36. The maximum atomic E-state index is 14.2. The second kappa shape index (κ2) is 8.99. The molecule has 0 spiro atoms. The number of fused-ring (bicyclic) bond motifs is 1. The van der Waals surface area contributed by atoms with E-state index in [0.29, 0.717) is 35.4 Å². The highest BCUT2D eigenvalue weighted by atomic mass is 19.3. The number of likely N-dealkylation sites (N-methyl/N-ethyl adjacent to an activating group) is 1. The van der Waals surface area contributed by atoms with E-state index in [1.165, 1.54) is 7.11 Å². The number of hydrogen-bond donors (Lipinski definition) is 3. The molecule has 1 aliphatic rings. The summed E-state index contributed by atoms with van der Waals surface area (Å²) in [6, 6.07) is 6.30. The minimum atomic E-state index is -2.55. The van der Waals surface area contributed by atoms with Crippen LogP contribution in [0.3, 0.4) is 0 Å². The number of benzene rings is 1. The Balaban J connectivity index is 1.70. The van der Waals surface area contributed by atoms with Crippen LogP contribution in [0.25, 0.3) is 16.6 Å². The van der Waals surface area contributed by atoms with Gasteiger partial charge in [-0.2, -0.15) is 10.1 Å². The summed E-state index contributed by atoms with van der Waals surface area (Å²) in [5, 5.41) is 13.5. The van der Waals surface area contributed by atoms with Gasteiger partial charge in [-0.1, -0.05) is 6.07 Å². The van der Waals surface area contributed by atoms with Crippen LogP contribution in [0, 0.1) is 5.53 Å². The lowest BCUT2D eigenvalue weighted by atomic mass is 10.1. The van der Waals surface area contributed by atoms with Crippen molar-refractivity contribution in [3.8, 4) is 17.0 Å². The first kappa shape index (κ1) is 21.8. The fraction of sp³-hybridized carbons (Fsp3) is 0.400. The zero-order chi connectivity index (χ0) is 22.8. The van der Waals surface area contributed by atoms with E-state index < -0.39 is 25.2 Å². The minimum Gasteiger partial charge on any atom is -0.479 e. The van der Waals surface area contributed by atoms with E-state index in [0.717, 1.165) is 0 Å². The smallest absolute Gasteiger partial charge is 0.255 e. The fourth-order valence-electron chi connectivity index (χ4n) is 3.81. The lowest BCUT2D eigenvalue weighted by Crippen LogP contribution is -2.30. The lowest BCUT2D eigenvalue weighted by Gasteiger charge is -2.15. The molecule has 0 aliphatic carbocycles. The van der Waals surface area contributed by atoms with Crippen molar-refractivity contribution in [3.63, 3.8) is 0 Å². The number of likely N-dealkylation sites (tertiary alicyclic amines) is 1. The van der Waals surface area contributed by atoms with Crippen molar-refractivity contribution in [2.24, 2.45) is 5.11 Å². The van der Waals surface area contributed by atoms with E-state index in [9.17, 15) is 13.2 Å². The molecule has 0 unspecified atom stereocenters. The molecule has 0 amide bonds. The molecule has 1 aromatic carbocycles. The molecule has 3 heterocycles. The number of methoxy groups -OCH3 is 1. The molecule has 2 aromatic heterocycles. The number of anilines is 2. The van der Waals surface area contributed by atoms with Gasteiger partial charge >= 0.3 is 0 Å². The predicted molar refractivity (Wildman–Crippen MR) is 114 cm³/mol. The number of hydrogen-bond acceptors (Lipinski definition) is 8. The second-order valence-electron chi connectivity index (χ2n) is 7.57. The Morgan fingerprint density at radius 3 is 2.78 bits per heavy atom. The van der Waals surface area contributed by atoms with Gasteiger partial charge in [0.1, 0.15) is 17.4 Å². The molecular formula is C20H23F3N8O. The Morgan fingerprint density at radius 2 is 2.12 bits per heavy atom. The topological polar surface area (TPSA) is 103 Å². The van der Waals surface area contributed by atoms with E-state index in [-0.39, 0.29) is 17.5 Å². The van der Waals surface area contributed by atoms with Crippen molar-refractivity contribution in [1.29, 1.82) is 5.53 Å². The molecule has 3 N–H and O–H groups in total. The highest BCUT2D eigenvalue weighted by molar-refractivity contribution is 5.87. The van der Waals surface area contributed by atoms with Gasteiger partial charge in [-0.3, -0.25) is 0 Å². The number of nitrogens with zero attached hydrogens (tertiary/aromatic N) is 5. The largest absolute Gasteiger partial charge is 0.479 e. The molecule has 0 radical (unpaired) electrons. The standard InChI is InChI=1S/C20H23F3N8O/c1-30-9-13(21)16(10-30)26-20-27-19(32-2)18-12(5-6-31(18)29-20)11-3-4-14(28-24)15(7-11)25-8-17(22)23/h3-7,13,16-17,24-25H,8-10H2,1-2H3,(H,26,29)/t13-,16+/m1/s1. The zero-order valence-electron chi connectivity index (χ0n) is 17.5. The Bertz CT molecular complexity index is 1120. The molecule has 1 aliphatic heterocycles. The predicted octanol–water partition coefficient (Wildman–Crippen LogP) is 3.81. The van der Waals surface area contributed by atoms with Crippen LogP contribution in [0.2, 0.25) is 0 Å². The summed E-state index contributed by atoms with van der Waals surface area (Å²) >= 11 is 0. The van der Waals surface area contributed by atoms with Gasteiger partial charge in [0.15, 0.2) is 0 Å². The molecule has 0 bridgehead atoms. The third-order valence-corrected chi connectivity index (χ3v) is 5.29. The van der Waals surface area contributed by atoms with Gasteiger partial charge in [0, 0.05) is 24.8 Å². The molecule has 3 aromatic rings. The van der Waals surface area contributed by atoms with E-state index in [4.69, 9.17) is 10.3 Å². The minimum absolute atomic E-state index is 0.238. The maximum absolute atomic E-state index is 14.2. The summed E-state index contributed by atoms with van der Waals surface area (Å²) in [6.07, 6.45) is -1.87. The van der Waals surface area contributed by atoms with Gasteiger partial charge in [-0.15, -0.1) is 5.10 Å². The van der Waals surface area contributed by atoms with Crippen molar-refractivity contribution in [2.75, 3.05) is 44.4 Å². The Morgan fingerprint density at radius 1 is 1.31 bits per heavy atom. The maximum Gasteiger partial charge on any atom is 0.255 e. The fourth-order valence-corrected chi connectivity index (χ4v) is 3.81. The number of alkyl halides is 3. The van der Waals surface area contributed by atoms with Gasteiger partial charge in [-0.25, -0.2) is 23.2 Å². The molecule has 170 valence electrons. The van der Waals surface area contributed by atoms with E-state index >= 15 is 0 Å². The third kappa shape index (κ3) is 4.31. The van der Waals surface area contributed by atoms with Gasteiger partial charge < -0.3 is 20.3 Å². The number of ether oxygens (including phenoxy) is 1. The molecule has 1 fully saturated rings. The molecule has 1 saturated heterocycles. The van der Waals surface area contributed by atoms with Gasteiger partial charge in [-0.05, 0) is 30.8 Å². The normalized spacial score (nSPS) is 18.9. The average molecular weight is 448 g/mol. The molecule has 0 saturated carbocycles. The van der Waals surface area contributed by atoms with E-state index in [1.807, 2.05) is 11.9 Å². The van der Waals surface area contributed by atoms with Crippen LogP contribution in [0.4, 0.5) is 30.5 Å². The van der Waals surface area contributed by atoms with Crippen LogP contribution in [0.5, 0.6) is 5.88 Å². The van der Waals surface area contributed by atoms with Gasteiger partial charge in [0.2, 0.25) is 11.8 Å². The molecule has 2 atom stereocenters. The monoisotopic (exact) mass is 448 g/mol. The first-order valence-corrected chi connectivity index (χ1v) is 9.96. The quantitative estimate of drug-likeness (QED) is 0.453. The van der Waals surface area contributed by atoms with E-state index in [1.54, 1.807) is 35.0 Å². The summed E-state index contributed by atoms with van der Waals surface area (Å²) in [5.41, 5.74) is 9.78. The first-order chi connectivity index (χ1) is 15.4. The van der Waals surface area contributed by atoms with Crippen LogP contribution in [-0.4, -0.2) is 71.9 Å². The van der Waals surface area contributed by atoms with Crippen molar-refractivity contribution in [3.05, 3.63) is 30.5 Å². The first-order valence-electron chi connectivity index (χ1n) is 9.96. The van der Waals surface area contributed by atoms with Gasteiger partial charge in [0.05, 0.1) is 25.4 Å². The second-order valence-corrected chi connectivity index (χ2v) is 7.57. The highest BCUT2D eigenvalue weighted by Gasteiger charge is 2.31. The van der Waals surface area contributed by atoms with Crippen molar-refractivity contribution < 1.29 is 17.9 Å². The van der Waals surface area contributed by atoms with Crippen LogP contribution in [0.15, 0.2) is 35.6 Å². The SMILES string of the molecule is COc1nc(N[C@H]2CN(C)C[C@H]2F)nn2ccc(-c3ccc(N=N)c(NCC(F)F)c3)c12. The summed E-state index contributed by atoms with van der Waals surface area (Å²) in [5.74, 6) is 0.516. The lowest BCUT2D eigenvalue weighted by molar-refractivity contribution is 0.163. The third-order valence-electron chi connectivity index (χ3n) is 5.29. The Labute approximate surface area is 182 Å². The van der Waals surface area contributed by atoms with Crippen LogP contribution in [0.1, 0.15) is 0 Å². The number of halogens is 3. The molecule has 32 heavy (non-hydrogen) atoms. The van der Waals surface area contributed by atoms with Crippen LogP contribution in [-0.2, 0) is 0 Å². The molecule has 4 rings (SSSR count). The summed E-state index contributed by atoms with van der Waals surface area (Å²) in [6.45, 7) is 0.312. The van der Waals surface area contributed by atoms with Crippen LogP contribution >= 0.6 is 0 Å². The molecule has 12 heteroatoms. The summed E-state index contributed by atoms with van der Waals surface area (Å²) in [4.78, 5) is 6.29. The van der Waals surface area contributed by atoms with E-state index in [2.05, 4.69) is 25.8 Å². The summed E-state index contributed by atoms with van der Waals surface area (Å²) < 4.78 is 46.6. The Kier molecular flexibility index (Phi) is 6.12. The average Bonchev–Trinajstić information content (AvgIpc) is 3.33. The number of nitrogens with one attached hydrogen (secondary N) is 3. The Hall–Kier alpha value is -3.41. The van der Waals surface area contributed by atoms with Crippen LogP contribution < -0.4 is 15.4 Å². The molecule has 9 nitrogen and oxygen atoms in total. The number of rotatable bonds is 8. The zero-order valence-corrected chi connectivity index (χ0v) is 17.5. The number of aromatic nitrogens is 3. The summed E-state index contributed by atoms with van der Waals surface area (Å²) in [7, 11) is 3.32. The van der Waals surface area contributed by atoms with Gasteiger partial charge in [0.25, 0.3) is 6.43 Å². The van der Waals surface area contributed by atoms with Crippen molar-refractivity contribution >= 4 is 22.8 Å². The van der Waals surface area contributed by atoms with Crippen molar-refractivity contribution in [1.82, 2.24) is 19.5 Å². The van der Waals surface area contributed by atoms with Crippen molar-refractivity contribution in [2.45, 2.75) is 18.6 Å². The molecular weight excluding hydrogens is 425 g/mol.